The van der Waals surface area contributed by atoms with Gasteiger partial charge in [0, 0.05) is 47.0 Å². The maximum Gasteiger partial charge on any atom is 0.278 e. The van der Waals surface area contributed by atoms with Crippen molar-refractivity contribution in [1.82, 2.24) is 14.5 Å². The molecule has 10 heteroatoms. The monoisotopic (exact) mass is 522 g/mol. The van der Waals surface area contributed by atoms with Gasteiger partial charge in [0.1, 0.15) is 6.17 Å². The molecule has 7 rings (SSSR count). The summed E-state index contributed by atoms with van der Waals surface area (Å²) in [6.45, 7) is 2.05. The second-order valence-corrected chi connectivity index (χ2v) is 11.1. The van der Waals surface area contributed by atoms with E-state index >= 15 is 4.39 Å². The molecule has 37 heavy (non-hydrogen) atoms. The third-order valence-corrected chi connectivity index (χ3v) is 9.19. The fraction of sp³-hybridized carbons (Fsp3) is 0.333. The first-order valence-corrected chi connectivity index (χ1v) is 13.4. The van der Waals surface area contributed by atoms with Gasteiger partial charge >= 0.3 is 0 Å². The molecule has 190 valence electrons. The minimum atomic E-state index is -1.02. The fourth-order valence-corrected chi connectivity index (χ4v) is 7.30. The molecule has 2 saturated heterocycles. The van der Waals surface area contributed by atoms with E-state index in [2.05, 4.69) is 10.3 Å². The predicted octanol–water partition coefficient (Wildman–Crippen LogP) is 3.50. The van der Waals surface area contributed by atoms with Crippen molar-refractivity contribution in [2.24, 2.45) is 0 Å². The molecular weight excluding hydrogens is 498 g/mol. The molecule has 7 nitrogen and oxygen atoms in total. The molecule has 2 fully saturated rings. The van der Waals surface area contributed by atoms with Gasteiger partial charge in [-0.05, 0) is 49.1 Å². The average molecular weight is 523 g/mol. The van der Waals surface area contributed by atoms with E-state index in [9.17, 15) is 19.1 Å². The van der Waals surface area contributed by atoms with Crippen LogP contribution in [0.25, 0.3) is 11.3 Å². The van der Waals surface area contributed by atoms with E-state index in [1.54, 1.807) is 4.90 Å². The Morgan fingerprint density at radius 1 is 1.08 bits per heavy atom. The number of amides is 1. The van der Waals surface area contributed by atoms with Gasteiger partial charge in [0.2, 0.25) is 5.43 Å². The largest absolute Gasteiger partial charge is 0.502 e. The van der Waals surface area contributed by atoms with Crippen LogP contribution in [-0.2, 0) is 12.2 Å². The zero-order valence-corrected chi connectivity index (χ0v) is 20.7. The van der Waals surface area contributed by atoms with E-state index in [4.69, 9.17) is 0 Å². The van der Waals surface area contributed by atoms with E-state index < -0.39 is 28.7 Å². The number of fused-ring (bicyclic) bond motifs is 5. The number of halogens is 2. The topological polar surface area (TPSA) is 77.8 Å². The molecule has 3 aromatic rings. The third kappa shape index (κ3) is 3.42. The van der Waals surface area contributed by atoms with Crippen LogP contribution in [0.1, 0.15) is 40.0 Å². The minimum Gasteiger partial charge on any atom is -0.502 e. The van der Waals surface area contributed by atoms with Crippen molar-refractivity contribution >= 4 is 17.7 Å². The first-order chi connectivity index (χ1) is 17.9. The highest BCUT2D eigenvalue weighted by Gasteiger charge is 2.44. The van der Waals surface area contributed by atoms with Crippen LogP contribution >= 0.6 is 11.8 Å². The van der Waals surface area contributed by atoms with Gasteiger partial charge in [-0.25, -0.2) is 13.5 Å². The number of thioether (sulfide) groups is 1. The highest BCUT2D eigenvalue weighted by molar-refractivity contribution is 7.98. The number of piperazine rings is 1. The van der Waals surface area contributed by atoms with Crippen LogP contribution in [0, 0.1) is 11.6 Å². The lowest BCUT2D eigenvalue weighted by atomic mass is 9.92. The minimum absolute atomic E-state index is 0.174. The summed E-state index contributed by atoms with van der Waals surface area (Å²) in [5.74, 6) is -2.78. The van der Waals surface area contributed by atoms with E-state index in [0.717, 1.165) is 35.9 Å². The Kier molecular flexibility index (Phi) is 5.13. The number of benzene rings is 2. The summed E-state index contributed by atoms with van der Waals surface area (Å²) in [6, 6.07) is 10.3. The van der Waals surface area contributed by atoms with Gasteiger partial charge in [-0.15, -0.1) is 11.8 Å². The van der Waals surface area contributed by atoms with Gasteiger partial charge in [-0.1, -0.05) is 18.2 Å². The number of carbonyl (C=O) groups excluding carboxylic acids is 1. The number of rotatable bonds is 1. The van der Waals surface area contributed by atoms with Crippen molar-refractivity contribution in [2.45, 2.75) is 42.1 Å². The molecule has 1 aromatic heterocycles. The highest BCUT2D eigenvalue weighted by atomic mass is 32.2. The summed E-state index contributed by atoms with van der Waals surface area (Å²) in [7, 11) is 0. The lowest BCUT2D eigenvalue weighted by Crippen LogP contribution is -2.65. The maximum atomic E-state index is 15.1. The number of pyridine rings is 1. The highest BCUT2D eigenvalue weighted by Crippen LogP contribution is 2.41. The van der Waals surface area contributed by atoms with Crippen LogP contribution < -0.4 is 10.9 Å². The Morgan fingerprint density at radius 2 is 1.92 bits per heavy atom. The smallest absolute Gasteiger partial charge is 0.278 e. The summed E-state index contributed by atoms with van der Waals surface area (Å²) in [5.41, 5.74) is 4.74. The first-order valence-electron chi connectivity index (χ1n) is 12.4. The maximum absolute atomic E-state index is 15.1. The van der Waals surface area contributed by atoms with Crippen molar-refractivity contribution in [3.8, 4) is 17.0 Å². The van der Waals surface area contributed by atoms with Crippen molar-refractivity contribution < 1.29 is 18.7 Å². The van der Waals surface area contributed by atoms with E-state index in [1.165, 1.54) is 22.5 Å². The van der Waals surface area contributed by atoms with Crippen LogP contribution in [0.3, 0.4) is 0 Å². The van der Waals surface area contributed by atoms with Gasteiger partial charge in [0.15, 0.2) is 23.1 Å². The van der Waals surface area contributed by atoms with Crippen LogP contribution in [0.4, 0.5) is 8.78 Å². The third-order valence-electron chi connectivity index (χ3n) is 8.04. The number of aromatic nitrogens is 1. The number of hydrogen-bond acceptors (Lipinski definition) is 6. The normalized spacial score (nSPS) is 22.3. The second kappa shape index (κ2) is 8.32. The molecule has 0 spiro atoms. The number of carbonyl (C=O) groups is 1. The van der Waals surface area contributed by atoms with Gasteiger partial charge < -0.3 is 15.4 Å². The van der Waals surface area contributed by atoms with Crippen molar-refractivity contribution in [2.75, 3.05) is 25.1 Å². The number of nitrogens with zero attached hydrogens (tertiary/aromatic N) is 3. The molecule has 2 atom stereocenters. The molecule has 0 bridgehead atoms. The van der Waals surface area contributed by atoms with Crippen molar-refractivity contribution in [3.63, 3.8) is 0 Å². The standard InChI is InChI=1S/C27H24F2N4O3S/c28-19-9-17(16-8-14-4-1-2-6-22(14)37-13-18(16)24(19)29)20-10-21(34)26(35)25-27(36)32-11-15-5-3-7-31(15)12-23(32)30-33(20)25/h1-2,4,6,9-10,15,23,30,35H,3,5,7-8,11-13H2/t15?,23-/m0/s1. The summed E-state index contributed by atoms with van der Waals surface area (Å²) in [4.78, 5) is 31.5. The zero-order valence-electron chi connectivity index (χ0n) is 19.8. The Hall–Kier alpha value is -3.37. The summed E-state index contributed by atoms with van der Waals surface area (Å²) in [5, 5.41) is 10.7. The fourth-order valence-electron chi connectivity index (χ4n) is 6.19. The lowest BCUT2D eigenvalue weighted by molar-refractivity contribution is 0.0320. The van der Waals surface area contributed by atoms with Crippen LogP contribution in [0.5, 0.6) is 5.75 Å². The van der Waals surface area contributed by atoms with Gasteiger partial charge in [-0.3, -0.25) is 14.5 Å². The van der Waals surface area contributed by atoms with E-state index in [-0.39, 0.29) is 34.9 Å². The van der Waals surface area contributed by atoms with E-state index in [1.807, 2.05) is 24.3 Å². The van der Waals surface area contributed by atoms with Crippen LogP contribution in [-0.4, -0.2) is 57.3 Å². The molecule has 2 N–H and O–H groups in total. The first kappa shape index (κ1) is 22.8. The Balaban J connectivity index is 1.43. The molecule has 0 aliphatic carbocycles. The lowest BCUT2D eigenvalue weighted by Gasteiger charge is -2.47. The van der Waals surface area contributed by atoms with Crippen molar-refractivity contribution in [3.05, 3.63) is 80.6 Å². The molecule has 0 saturated carbocycles. The quantitative estimate of drug-likeness (QED) is 0.510. The number of aromatic hydroxyl groups is 1. The average Bonchev–Trinajstić information content (AvgIpc) is 3.26. The Labute approximate surface area is 215 Å². The van der Waals surface area contributed by atoms with Gasteiger partial charge in [0.25, 0.3) is 5.91 Å². The van der Waals surface area contributed by atoms with Crippen LogP contribution in [0.2, 0.25) is 0 Å². The SMILES string of the molecule is O=C1c2c(O)c(=O)cc(-c3cc(F)c(F)c4c3Cc3ccccc3SC4)n2N[C@@H]2CN3CCCC3CN12. The van der Waals surface area contributed by atoms with E-state index in [0.29, 0.717) is 30.6 Å². The molecule has 5 heterocycles. The van der Waals surface area contributed by atoms with Crippen molar-refractivity contribution in [1.29, 1.82) is 0 Å². The summed E-state index contributed by atoms with van der Waals surface area (Å²) < 4.78 is 31.5. The number of hydrogen-bond donors (Lipinski definition) is 2. The summed E-state index contributed by atoms with van der Waals surface area (Å²) >= 11 is 1.44. The molecule has 2 aromatic carbocycles. The Bertz CT molecular complexity index is 1540. The molecule has 4 aliphatic rings. The van der Waals surface area contributed by atoms with Gasteiger partial charge in [0.05, 0.1) is 5.69 Å². The Morgan fingerprint density at radius 3 is 2.78 bits per heavy atom. The molecule has 0 radical (unpaired) electrons. The molecular formula is C27H24F2N4O3S. The second-order valence-electron chi connectivity index (χ2n) is 10.1. The zero-order chi connectivity index (χ0) is 25.4. The molecule has 1 amide bonds. The van der Waals surface area contributed by atoms with Crippen LogP contribution in [0.15, 0.2) is 46.1 Å². The number of nitrogens with one attached hydrogen (secondary N) is 1. The summed E-state index contributed by atoms with van der Waals surface area (Å²) in [6.07, 6.45) is 2.01. The molecule has 4 aliphatic heterocycles. The predicted molar refractivity (Wildman–Crippen MR) is 135 cm³/mol. The van der Waals surface area contributed by atoms with Gasteiger partial charge in [-0.2, -0.15) is 0 Å². The molecule has 1 unspecified atom stereocenters.